The van der Waals surface area contributed by atoms with E-state index in [4.69, 9.17) is 21.3 Å². The molecule has 4 aromatic rings. The highest BCUT2D eigenvalue weighted by Crippen LogP contribution is 2.42. The molecule has 2 aromatic heterocycles. The Labute approximate surface area is 250 Å². The summed E-state index contributed by atoms with van der Waals surface area (Å²) in [5.74, 6) is -0.155. The van der Waals surface area contributed by atoms with Gasteiger partial charge in [0.05, 0.1) is 16.7 Å². The molecule has 0 saturated carbocycles. The van der Waals surface area contributed by atoms with Crippen LogP contribution in [-0.2, 0) is 4.79 Å². The number of rotatable bonds is 9. The minimum atomic E-state index is -0.554. The number of amides is 1. The summed E-state index contributed by atoms with van der Waals surface area (Å²) in [5.41, 5.74) is 2.56. The lowest BCUT2D eigenvalue weighted by molar-refractivity contribution is -0.130. The number of hydrogen-bond acceptors (Lipinski definition) is 7. The molecule has 1 amide bonds. The maximum atomic E-state index is 16.7. The van der Waals surface area contributed by atoms with Crippen LogP contribution in [0, 0.1) is 12.7 Å². The van der Waals surface area contributed by atoms with Gasteiger partial charge in [-0.25, -0.2) is 4.39 Å². The zero-order valence-corrected chi connectivity index (χ0v) is 25.5. The minimum Gasteiger partial charge on any atom is -0.462 e. The average Bonchev–Trinajstić information content (AvgIpc) is 3.45. The van der Waals surface area contributed by atoms with Gasteiger partial charge in [-0.1, -0.05) is 44.2 Å². The number of aromatic nitrogens is 4. The Morgan fingerprint density at radius 2 is 1.93 bits per heavy atom. The highest BCUT2D eigenvalue weighted by molar-refractivity contribution is 6.35. The summed E-state index contributed by atoms with van der Waals surface area (Å²) in [6.45, 7) is 17.5. The van der Waals surface area contributed by atoms with Crippen molar-refractivity contribution < 1.29 is 13.9 Å². The second-order valence-electron chi connectivity index (χ2n) is 10.8. The quantitative estimate of drug-likeness (QED) is 0.252. The summed E-state index contributed by atoms with van der Waals surface area (Å²) < 4.78 is 22.8. The second-order valence-corrected chi connectivity index (χ2v) is 11.2. The first-order valence-electron chi connectivity index (χ1n) is 14.4. The van der Waals surface area contributed by atoms with E-state index in [0.29, 0.717) is 48.5 Å². The van der Waals surface area contributed by atoms with Gasteiger partial charge in [0, 0.05) is 53.6 Å². The van der Waals surface area contributed by atoms with Crippen molar-refractivity contribution in [2.45, 2.75) is 46.7 Å². The molecule has 0 unspecified atom stereocenters. The molecular weight excluding hydrogens is 557 g/mol. The van der Waals surface area contributed by atoms with Crippen LogP contribution in [0.3, 0.4) is 0 Å². The van der Waals surface area contributed by atoms with Crippen LogP contribution in [0.2, 0.25) is 5.02 Å². The van der Waals surface area contributed by atoms with Crippen molar-refractivity contribution in [3.63, 3.8) is 0 Å². The van der Waals surface area contributed by atoms with E-state index in [9.17, 15) is 4.79 Å². The maximum absolute atomic E-state index is 16.7. The lowest BCUT2D eigenvalue weighted by Gasteiger charge is -2.44. The number of aryl methyl sites for hydroxylation is 1. The summed E-state index contributed by atoms with van der Waals surface area (Å²) in [4.78, 5) is 28.0. The monoisotopic (exact) mass is 593 g/mol. The molecule has 1 fully saturated rings. The number of benzene rings is 2. The van der Waals surface area contributed by atoms with Gasteiger partial charge in [0.15, 0.2) is 5.82 Å². The number of ether oxygens (including phenoxy) is 1. The highest BCUT2D eigenvalue weighted by atomic mass is 35.5. The molecule has 42 heavy (non-hydrogen) atoms. The van der Waals surface area contributed by atoms with Gasteiger partial charge in [-0.2, -0.15) is 15.1 Å². The van der Waals surface area contributed by atoms with E-state index in [1.165, 1.54) is 6.08 Å². The lowest BCUT2D eigenvalue weighted by Crippen LogP contribution is -2.58. The van der Waals surface area contributed by atoms with Crippen LogP contribution in [0.5, 0.6) is 6.01 Å². The standard InChI is InChI=1S/C31H37ClFN7O2/c1-7-24(41)40-19(5)16-39(17-20(40)6)30-22-14-23(32)26(25-18(4)10-11-21-15-34-37-28(21)25)27(33)29(22)35-31(36-30)42-13-12-38(8-2)9-3/h7,10-11,14-15,19-20H,1,8-9,12-13,16-17H2,2-6H3,(H,34,37)/t19-,20+. The number of fused-ring (bicyclic) bond motifs is 2. The van der Waals surface area contributed by atoms with E-state index in [1.54, 1.807) is 12.3 Å². The molecule has 0 spiro atoms. The molecule has 2 atom stereocenters. The van der Waals surface area contributed by atoms with Gasteiger partial charge >= 0.3 is 6.01 Å². The fourth-order valence-electron chi connectivity index (χ4n) is 5.98. The molecule has 1 saturated heterocycles. The summed E-state index contributed by atoms with van der Waals surface area (Å²) in [6, 6.07) is 5.43. The van der Waals surface area contributed by atoms with Gasteiger partial charge in [-0.15, -0.1) is 0 Å². The molecular formula is C31H37ClFN7O2. The number of H-pyrrole nitrogens is 1. The third-order valence-corrected chi connectivity index (χ3v) is 8.40. The number of likely N-dealkylation sites (N-methyl/N-ethyl adjacent to an activating group) is 1. The molecule has 0 aliphatic carbocycles. The Kier molecular flexibility index (Phi) is 8.65. The van der Waals surface area contributed by atoms with Gasteiger partial charge < -0.3 is 19.4 Å². The highest BCUT2D eigenvalue weighted by Gasteiger charge is 2.34. The van der Waals surface area contributed by atoms with Crippen LogP contribution >= 0.6 is 11.6 Å². The minimum absolute atomic E-state index is 0.0956. The normalized spacial score (nSPS) is 17.4. The molecule has 1 N–H and O–H groups in total. The summed E-state index contributed by atoms with van der Waals surface area (Å²) in [5, 5.41) is 8.73. The molecule has 5 rings (SSSR count). The van der Waals surface area contributed by atoms with Crippen molar-refractivity contribution in [3.8, 4) is 17.1 Å². The zero-order chi connectivity index (χ0) is 30.1. The first-order valence-corrected chi connectivity index (χ1v) is 14.7. The van der Waals surface area contributed by atoms with Crippen molar-refractivity contribution in [1.82, 2.24) is 30.0 Å². The van der Waals surface area contributed by atoms with Gasteiger partial charge in [0.25, 0.3) is 0 Å². The van der Waals surface area contributed by atoms with Gasteiger partial charge in [0.2, 0.25) is 5.91 Å². The van der Waals surface area contributed by atoms with Crippen molar-refractivity contribution in [3.05, 3.63) is 53.5 Å². The number of piperazine rings is 1. The molecule has 0 radical (unpaired) electrons. The van der Waals surface area contributed by atoms with Crippen LogP contribution in [0.15, 0.2) is 37.1 Å². The summed E-state index contributed by atoms with van der Waals surface area (Å²) in [7, 11) is 0. The Bertz CT molecular complexity index is 1630. The predicted octanol–water partition coefficient (Wildman–Crippen LogP) is 5.61. The fraction of sp³-hybridized carbons (Fsp3) is 0.419. The second kappa shape index (κ2) is 12.2. The van der Waals surface area contributed by atoms with Crippen LogP contribution in [-0.4, -0.2) is 87.3 Å². The predicted molar refractivity (Wildman–Crippen MR) is 166 cm³/mol. The van der Waals surface area contributed by atoms with Crippen molar-refractivity contribution in [1.29, 1.82) is 0 Å². The summed E-state index contributed by atoms with van der Waals surface area (Å²) >= 11 is 6.88. The smallest absolute Gasteiger partial charge is 0.319 e. The Morgan fingerprint density at radius 1 is 1.21 bits per heavy atom. The number of nitrogens with one attached hydrogen (secondary N) is 1. The van der Waals surface area contributed by atoms with E-state index in [2.05, 4.69) is 45.4 Å². The Morgan fingerprint density at radius 3 is 2.60 bits per heavy atom. The first kappa shape index (κ1) is 29.7. The van der Waals surface area contributed by atoms with Gasteiger partial charge in [-0.05, 0) is 51.6 Å². The number of hydrogen-bond donors (Lipinski definition) is 1. The average molecular weight is 594 g/mol. The maximum Gasteiger partial charge on any atom is 0.319 e. The van der Waals surface area contributed by atoms with Crippen LogP contribution in [0.25, 0.3) is 32.9 Å². The SMILES string of the molecule is C=CC(=O)N1[C@H](C)CN(c2nc(OCCN(CC)CC)nc3c(F)c(-c4c(C)ccc5cn[nH]c45)c(Cl)cc23)C[C@@H]1C. The van der Waals surface area contributed by atoms with E-state index in [-0.39, 0.29) is 40.1 Å². The van der Waals surface area contributed by atoms with E-state index in [0.717, 1.165) is 24.0 Å². The number of carbonyl (C=O) groups is 1. The number of nitrogens with zero attached hydrogens (tertiary/aromatic N) is 6. The lowest BCUT2D eigenvalue weighted by atomic mass is 9.96. The number of halogens is 2. The van der Waals surface area contributed by atoms with Crippen LogP contribution in [0.1, 0.15) is 33.3 Å². The first-order chi connectivity index (χ1) is 20.2. The van der Waals surface area contributed by atoms with E-state index >= 15 is 4.39 Å². The molecule has 11 heteroatoms. The van der Waals surface area contributed by atoms with Crippen LogP contribution < -0.4 is 9.64 Å². The summed E-state index contributed by atoms with van der Waals surface area (Å²) in [6.07, 6.45) is 3.04. The van der Waals surface area contributed by atoms with E-state index < -0.39 is 5.82 Å². The molecule has 222 valence electrons. The van der Waals surface area contributed by atoms with Crippen LogP contribution in [0.4, 0.5) is 10.2 Å². The van der Waals surface area contributed by atoms with E-state index in [1.807, 2.05) is 37.8 Å². The topological polar surface area (TPSA) is 90.5 Å². The Hall–Kier alpha value is -3.76. The van der Waals surface area contributed by atoms with Crippen molar-refractivity contribution in [2.75, 3.05) is 44.2 Å². The van der Waals surface area contributed by atoms with Crippen molar-refractivity contribution in [2.24, 2.45) is 0 Å². The third-order valence-electron chi connectivity index (χ3n) is 8.10. The largest absolute Gasteiger partial charge is 0.462 e. The third kappa shape index (κ3) is 5.41. The number of anilines is 1. The molecule has 3 heterocycles. The molecule has 2 aromatic carbocycles. The Balaban J connectivity index is 1.65. The molecule has 1 aliphatic rings. The van der Waals surface area contributed by atoms with Gasteiger partial charge in [-0.3, -0.25) is 9.89 Å². The van der Waals surface area contributed by atoms with Crippen molar-refractivity contribution >= 4 is 45.1 Å². The number of aromatic amines is 1. The molecule has 0 bridgehead atoms. The molecule has 9 nitrogen and oxygen atoms in total. The zero-order valence-electron chi connectivity index (χ0n) is 24.7. The fourth-order valence-corrected chi connectivity index (χ4v) is 6.26. The van der Waals surface area contributed by atoms with Gasteiger partial charge in [0.1, 0.15) is 17.9 Å². The molecule has 1 aliphatic heterocycles. The number of carbonyl (C=O) groups excluding carboxylic acids is 1.